The van der Waals surface area contributed by atoms with Gasteiger partial charge < -0.3 is 9.47 Å². The molecule has 2 aromatic carbocycles. The molecule has 1 amide bonds. The summed E-state index contributed by atoms with van der Waals surface area (Å²) in [7, 11) is 1.64. The Morgan fingerprint density at radius 2 is 1.71 bits per heavy atom. The second kappa shape index (κ2) is 7.36. The van der Waals surface area contributed by atoms with Crippen molar-refractivity contribution in [3.8, 4) is 22.6 Å². The van der Waals surface area contributed by atoms with Crippen molar-refractivity contribution in [2.45, 2.75) is 31.8 Å². The van der Waals surface area contributed by atoms with Gasteiger partial charge in [-0.1, -0.05) is 18.2 Å². The Morgan fingerprint density at radius 1 is 1.04 bits per heavy atom. The standard InChI is InChI=1S/C19H21NO4/c1-23-17-11-10-15(12-18(17)24-16-4-2-3-5-16)13-6-8-14(9-7-13)19(21)20-22/h6-12,16,22H,2-5H2,1H3,(H,20,21). The van der Waals surface area contributed by atoms with Gasteiger partial charge in [0.25, 0.3) is 5.91 Å². The summed E-state index contributed by atoms with van der Waals surface area (Å²) in [5.74, 6) is 0.947. The van der Waals surface area contributed by atoms with Gasteiger partial charge in [-0.25, -0.2) is 5.48 Å². The van der Waals surface area contributed by atoms with Gasteiger partial charge in [-0.05, 0) is 61.1 Å². The van der Waals surface area contributed by atoms with Gasteiger partial charge in [0.2, 0.25) is 0 Å². The van der Waals surface area contributed by atoms with E-state index in [2.05, 4.69) is 0 Å². The molecule has 5 heteroatoms. The van der Waals surface area contributed by atoms with E-state index >= 15 is 0 Å². The molecule has 1 aliphatic carbocycles. The fraction of sp³-hybridized carbons (Fsp3) is 0.316. The summed E-state index contributed by atoms with van der Waals surface area (Å²) in [5.41, 5.74) is 3.98. The van der Waals surface area contributed by atoms with E-state index in [1.165, 1.54) is 12.8 Å². The molecule has 0 spiro atoms. The second-order valence-corrected chi connectivity index (χ2v) is 5.91. The molecule has 1 fully saturated rings. The third kappa shape index (κ3) is 3.51. The van der Waals surface area contributed by atoms with Gasteiger partial charge in [0.15, 0.2) is 11.5 Å². The van der Waals surface area contributed by atoms with Crippen molar-refractivity contribution in [2.75, 3.05) is 7.11 Å². The van der Waals surface area contributed by atoms with Gasteiger partial charge >= 0.3 is 0 Å². The number of carbonyl (C=O) groups is 1. The molecule has 0 radical (unpaired) electrons. The van der Waals surface area contributed by atoms with Crippen molar-refractivity contribution in [2.24, 2.45) is 0 Å². The van der Waals surface area contributed by atoms with Crippen LogP contribution in [0.3, 0.4) is 0 Å². The number of hydroxylamine groups is 1. The monoisotopic (exact) mass is 327 g/mol. The zero-order valence-electron chi connectivity index (χ0n) is 13.6. The van der Waals surface area contributed by atoms with Crippen LogP contribution in [0.4, 0.5) is 0 Å². The third-order valence-electron chi connectivity index (χ3n) is 4.34. The van der Waals surface area contributed by atoms with Crippen molar-refractivity contribution in [3.63, 3.8) is 0 Å². The van der Waals surface area contributed by atoms with Gasteiger partial charge in [0.1, 0.15) is 0 Å². The molecule has 0 atom stereocenters. The van der Waals surface area contributed by atoms with Crippen LogP contribution in [0.5, 0.6) is 11.5 Å². The van der Waals surface area contributed by atoms with Crippen LogP contribution >= 0.6 is 0 Å². The molecular weight excluding hydrogens is 306 g/mol. The minimum Gasteiger partial charge on any atom is -0.493 e. The number of benzene rings is 2. The van der Waals surface area contributed by atoms with Gasteiger partial charge in [-0.3, -0.25) is 10.0 Å². The molecule has 0 unspecified atom stereocenters. The van der Waals surface area contributed by atoms with Crippen molar-refractivity contribution >= 4 is 5.91 Å². The van der Waals surface area contributed by atoms with E-state index in [1.54, 1.807) is 24.7 Å². The minimum atomic E-state index is -0.526. The highest BCUT2D eigenvalue weighted by Crippen LogP contribution is 2.35. The van der Waals surface area contributed by atoms with Gasteiger partial charge in [0.05, 0.1) is 13.2 Å². The summed E-state index contributed by atoms with van der Waals surface area (Å²) in [6, 6.07) is 12.8. The lowest BCUT2D eigenvalue weighted by atomic mass is 10.0. The summed E-state index contributed by atoms with van der Waals surface area (Å²) in [5, 5.41) is 8.67. The van der Waals surface area contributed by atoms with Gasteiger partial charge in [-0.15, -0.1) is 0 Å². The van der Waals surface area contributed by atoms with Crippen molar-refractivity contribution in [3.05, 3.63) is 48.0 Å². The van der Waals surface area contributed by atoms with Crippen molar-refractivity contribution < 1.29 is 19.5 Å². The summed E-state index contributed by atoms with van der Waals surface area (Å²) >= 11 is 0. The summed E-state index contributed by atoms with van der Waals surface area (Å²) in [6.45, 7) is 0. The second-order valence-electron chi connectivity index (χ2n) is 5.91. The van der Waals surface area contributed by atoms with E-state index in [0.717, 1.165) is 35.5 Å². The first-order valence-corrected chi connectivity index (χ1v) is 8.11. The highest BCUT2D eigenvalue weighted by atomic mass is 16.5. The molecule has 1 aliphatic rings. The average molecular weight is 327 g/mol. The zero-order valence-corrected chi connectivity index (χ0v) is 13.6. The molecule has 126 valence electrons. The Balaban J connectivity index is 1.86. The lowest BCUT2D eigenvalue weighted by molar-refractivity contribution is 0.0706. The summed E-state index contributed by atoms with van der Waals surface area (Å²) in [6.07, 6.45) is 4.84. The van der Waals surface area contributed by atoms with E-state index in [9.17, 15) is 4.79 Å². The smallest absolute Gasteiger partial charge is 0.274 e. The predicted octanol–water partition coefficient (Wildman–Crippen LogP) is 3.80. The molecule has 1 saturated carbocycles. The van der Waals surface area contributed by atoms with Crippen LogP contribution in [-0.2, 0) is 0 Å². The van der Waals surface area contributed by atoms with E-state index in [1.807, 2.05) is 30.3 Å². The van der Waals surface area contributed by atoms with E-state index < -0.39 is 5.91 Å². The van der Waals surface area contributed by atoms with Crippen molar-refractivity contribution in [1.82, 2.24) is 5.48 Å². The lowest BCUT2D eigenvalue weighted by Gasteiger charge is -2.17. The Bertz CT molecular complexity index is 706. The highest BCUT2D eigenvalue weighted by molar-refractivity contribution is 5.93. The summed E-state index contributed by atoms with van der Waals surface area (Å²) < 4.78 is 11.5. The molecule has 0 aliphatic heterocycles. The first-order chi connectivity index (χ1) is 11.7. The molecular formula is C19H21NO4. The molecule has 0 heterocycles. The topological polar surface area (TPSA) is 67.8 Å². The molecule has 5 nitrogen and oxygen atoms in total. The maximum absolute atomic E-state index is 11.4. The van der Waals surface area contributed by atoms with Crippen LogP contribution < -0.4 is 15.0 Å². The van der Waals surface area contributed by atoms with E-state index in [4.69, 9.17) is 14.7 Å². The van der Waals surface area contributed by atoms with Crippen LogP contribution in [0.1, 0.15) is 36.0 Å². The Kier molecular flexibility index (Phi) is 5.01. The Labute approximate surface area is 141 Å². The number of hydrogen-bond acceptors (Lipinski definition) is 4. The molecule has 2 aromatic rings. The number of methoxy groups -OCH3 is 1. The van der Waals surface area contributed by atoms with Crippen LogP contribution in [0.2, 0.25) is 0 Å². The number of carbonyl (C=O) groups excluding carboxylic acids is 1. The molecule has 0 aromatic heterocycles. The fourth-order valence-electron chi connectivity index (χ4n) is 3.01. The lowest BCUT2D eigenvalue weighted by Crippen LogP contribution is -2.18. The van der Waals surface area contributed by atoms with Gasteiger partial charge in [0, 0.05) is 5.56 Å². The van der Waals surface area contributed by atoms with Crippen LogP contribution in [0.15, 0.2) is 42.5 Å². The minimum absolute atomic E-state index is 0.254. The van der Waals surface area contributed by atoms with Crippen LogP contribution in [0.25, 0.3) is 11.1 Å². The fourth-order valence-corrected chi connectivity index (χ4v) is 3.01. The first kappa shape index (κ1) is 16.3. The highest BCUT2D eigenvalue weighted by Gasteiger charge is 2.19. The van der Waals surface area contributed by atoms with E-state index in [0.29, 0.717) is 5.56 Å². The van der Waals surface area contributed by atoms with Crippen molar-refractivity contribution in [1.29, 1.82) is 0 Å². The first-order valence-electron chi connectivity index (χ1n) is 8.11. The quantitative estimate of drug-likeness (QED) is 0.647. The van der Waals surface area contributed by atoms with Crippen LogP contribution in [-0.4, -0.2) is 24.3 Å². The number of ether oxygens (including phenoxy) is 2. The van der Waals surface area contributed by atoms with E-state index in [-0.39, 0.29) is 6.10 Å². The molecule has 2 N–H and O–H groups in total. The largest absolute Gasteiger partial charge is 0.493 e. The SMILES string of the molecule is COc1ccc(-c2ccc(C(=O)NO)cc2)cc1OC1CCCC1. The normalized spacial score (nSPS) is 14.4. The maximum atomic E-state index is 11.4. The molecule has 24 heavy (non-hydrogen) atoms. The zero-order chi connectivity index (χ0) is 16.9. The van der Waals surface area contributed by atoms with Gasteiger partial charge in [-0.2, -0.15) is 0 Å². The Morgan fingerprint density at radius 3 is 2.33 bits per heavy atom. The maximum Gasteiger partial charge on any atom is 0.274 e. The number of hydrogen-bond donors (Lipinski definition) is 2. The third-order valence-corrected chi connectivity index (χ3v) is 4.34. The molecule has 3 rings (SSSR count). The average Bonchev–Trinajstić information content (AvgIpc) is 3.14. The van der Waals surface area contributed by atoms with Crippen LogP contribution in [0, 0.1) is 0 Å². The number of nitrogens with one attached hydrogen (secondary N) is 1. The predicted molar refractivity (Wildman–Crippen MR) is 90.6 cm³/mol. The molecule has 0 bridgehead atoms. The number of rotatable bonds is 5. The Hall–Kier alpha value is -2.53. The number of amides is 1. The summed E-state index contributed by atoms with van der Waals surface area (Å²) in [4.78, 5) is 11.4. The molecule has 0 saturated heterocycles.